The zero-order valence-electron chi connectivity index (χ0n) is 15.7. The largest absolute Gasteiger partial charge is 0.416 e. The monoisotopic (exact) mass is 435 g/mol. The molecular formula is C21H17ClF3N3O2. The van der Waals surface area contributed by atoms with E-state index in [0.29, 0.717) is 42.6 Å². The predicted molar refractivity (Wildman–Crippen MR) is 108 cm³/mol. The van der Waals surface area contributed by atoms with Crippen LogP contribution in [0.3, 0.4) is 0 Å². The van der Waals surface area contributed by atoms with Crippen molar-refractivity contribution in [2.75, 3.05) is 36.5 Å². The van der Waals surface area contributed by atoms with E-state index in [1.165, 1.54) is 18.2 Å². The number of ether oxygens (including phenoxy) is 1. The summed E-state index contributed by atoms with van der Waals surface area (Å²) in [6.45, 7) is 2.37. The van der Waals surface area contributed by atoms with Crippen molar-refractivity contribution < 1.29 is 22.7 Å². The van der Waals surface area contributed by atoms with Gasteiger partial charge in [-0.2, -0.15) is 18.4 Å². The molecule has 0 bridgehead atoms. The van der Waals surface area contributed by atoms with Crippen molar-refractivity contribution in [2.45, 2.75) is 6.18 Å². The van der Waals surface area contributed by atoms with E-state index in [0.717, 1.165) is 17.8 Å². The van der Waals surface area contributed by atoms with Crippen LogP contribution in [-0.2, 0) is 15.7 Å². The third-order valence-electron chi connectivity index (χ3n) is 4.47. The van der Waals surface area contributed by atoms with Crippen molar-refractivity contribution in [3.8, 4) is 6.07 Å². The molecular weight excluding hydrogens is 419 g/mol. The molecule has 0 radical (unpaired) electrons. The topological polar surface area (TPSA) is 65.4 Å². The minimum atomic E-state index is -4.46. The third-order valence-corrected chi connectivity index (χ3v) is 4.71. The van der Waals surface area contributed by atoms with Crippen LogP contribution in [0.1, 0.15) is 11.1 Å². The van der Waals surface area contributed by atoms with Crippen molar-refractivity contribution in [3.05, 3.63) is 64.2 Å². The van der Waals surface area contributed by atoms with E-state index in [4.69, 9.17) is 16.3 Å². The first-order chi connectivity index (χ1) is 14.3. The average Bonchev–Trinajstić information content (AvgIpc) is 2.72. The molecule has 30 heavy (non-hydrogen) atoms. The summed E-state index contributed by atoms with van der Waals surface area (Å²) in [7, 11) is 0. The standard InChI is InChI=1S/C21H17ClF3N3O2/c22-17-5-6-19(28-7-9-30-10-8-28)18(12-17)27-20(29)15(13-26)11-14-1-3-16(4-2-14)21(23,24)25/h1-6,11-12H,7-10H2,(H,27,29)/b15-11+. The fourth-order valence-electron chi connectivity index (χ4n) is 2.96. The molecule has 1 amide bonds. The molecule has 1 N–H and O–H groups in total. The second-order valence-corrected chi connectivity index (χ2v) is 6.94. The van der Waals surface area contributed by atoms with Gasteiger partial charge in [-0.15, -0.1) is 0 Å². The van der Waals surface area contributed by atoms with Crippen molar-refractivity contribution >= 4 is 35.0 Å². The van der Waals surface area contributed by atoms with Crippen LogP contribution in [0.2, 0.25) is 5.02 Å². The zero-order chi connectivity index (χ0) is 21.7. The van der Waals surface area contributed by atoms with E-state index < -0.39 is 17.6 Å². The van der Waals surface area contributed by atoms with E-state index in [2.05, 4.69) is 5.32 Å². The van der Waals surface area contributed by atoms with Crippen LogP contribution in [0, 0.1) is 11.3 Å². The van der Waals surface area contributed by atoms with Gasteiger partial charge in [0.15, 0.2) is 0 Å². The first-order valence-electron chi connectivity index (χ1n) is 9.00. The highest BCUT2D eigenvalue weighted by Crippen LogP contribution is 2.31. The second kappa shape index (κ2) is 9.20. The van der Waals surface area contributed by atoms with E-state index >= 15 is 0 Å². The van der Waals surface area contributed by atoms with Gasteiger partial charge >= 0.3 is 6.18 Å². The van der Waals surface area contributed by atoms with Crippen molar-refractivity contribution in [1.29, 1.82) is 5.26 Å². The Kier molecular flexibility index (Phi) is 6.65. The summed E-state index contributed by atoms with van der Waals surface area (Å²) >= 11 is 6.07. The molecule has 0 aromatic heterocycles. The van der Waals surface area contributed by atoms with Crippen LogP contribution in [-0.4, -0.2) is 32.2 Å². The zero-order valence-corrected chi connectivity index (χ0v) is 16.4. The molecule has 1 aliphatic rings. The van der Waals surface area contributed by atoms with Crippen molar-refractivity contribution in [2.24, 2.45) is 0 Å². The highest BCUT2D eigenvalue weighted by atomic mass is 35.5. The van der Waals surface area contributed by atoms with Crippen LogP contribution >= 0.6 is 11.6 Å². The number of rotatable bonds is 4. The van der Waals surface area contributed by atoms with Crippen molar-refractivity contribution in [3.63, 3.8) is 0 Å². The molecule has 9 heteroatoms. The van der Waals surface area contributed by atoms with Crippen LogP contribution in [0.5, 0.6) is 0 Å². The number of morpholine rings is 1. The Labute approximate surface area is 176 Å². The molecule has 3 rings (SSSR count). The Morgan fingerprint density at radius 3 is 2.43 bits per heavy atom. The lowest BCUT2D eigenvalue weighted by molar-refractivity contribution is -0.137. The molecule has 1 aliphatic heterocycles. The fourth-order valence-corrected chi connectivity index (χ4v) is 3.13. The summed E-state index contributed by atoms with van der Waals surface area (Å²) in [5.41, 5.74) is 0.416. The van der Waals surface area contributed by atoms with E-state index in [-0.39, 0.29) is 5.57 Å². The number of nitriles is 1. The van der Waals surface area contributed by atoms with E-state index in [9.17, 15) is 23.2 Å². The number of hydrogen-bond donors (Lipinski definition) is 1. The smallest absolute Gasteiger partial charge is 0.378 e. The minimum absolute atomic E-state index is 0.248. The molecule has 156 valence electrons. The number of anilines is 2. The quantitative estimate of drug-likeness (QED) is 0.556. The normalized spacial score (nSPS) is 14.9. The Balaban J connectivity index is 1.83. The summed E-state index contributed by atoms with van der Waals surface area (Å²) in [5.74, 6) is -0.686. The number of nitrogens with zero attached hydrogens (tertiary/aromatic N) is 2. The number of carbonyl (C=O) groups is 1. The average molecular weight is 436 g/mol. The van der Waals surface area contributed by atoms with Gasteiger partial charge in [0.25, 0.3) is 5.91 Å². The molecule has 0 atom stereocenters. The lowest BCUT2D eigenvalue weighted by Gasteiger charge is -2.30. The maximum absolute atomic E-state index is 12.7. The van der Waals surface area contributed by atoms with Crippen LogP contribution in [0.4, 0.5) is 24.5 Å². The first-order valence-corrected chi connectivity index (χ1v) is 9.38. The number of amides is 1. The van der Waals surface area contributed by atoms with Gasteiger partial charge in [0, 0.05) is 18.1 Å². The third kappa shape index (κ3) is 5.32. The first kappa shape index (κ1) is 21.7. The molecule has 0 spiro atoms. The van der Waals surface area contributed by atoms with Gasteiger partial charge in [-0.3, -0.25) is 4.79 Å². The predicted octanol–water partition coefficient (Wildman–Crippen LogP) is 4.74. The van der Waals surface area contributed by atoms with Gasteiger partial charge in [0.05, 0.1) is 30.2 Å². The highest BCUT2D eigenvalue weighted by molar-refractivity contribution is 6.31. The number of nitrogens with one attached hydrogen (secondary N) is 1. The summed E-state index contributed by atoms with van der Waals surface area (Å²) in [6.07, 6.45) is -3.23. The molecule has 0 saturated carbocycles. The maximum atomic E-state index is 12.7. The van der Waals surface area contributed by atoms with Gasteiger partial charge in [-0.25, -0.2) is 0 Å². The van der Waals surface area contributed by atoms with Crippen molar-refractivity contribution in [1.82, 2.24) is 0 Å². The Hall–Kier alpha value is -3.02. The van der Waals surface area contributed by atoms with Gasteiger partial charge in [0.1, 0.15) is 11.6 Å². The summed E-state index contributed by atoms with van der Waals surface area (Å²) in [4.78, 5) is 14.7. The fraction of sp³-hybridized carbons (Fsp3) is 0.238. The van der Waals surface area contributed by atoms with Gasteiger partial charge in [-0.1, -0.05) is 23.7 Å². The van der Waals surface area contributed by atoms with Crippen LogP contribution < -0.4 is 10.2 Å². The number of halogens is 4. The lowest BCUT2D eigenvalue weighted by Crippen LogP contribution is -2.36. The molecule has 2 aromatic carbocycles. The van der Waals surface area contributed by atoms with E-state index in [1.54, 1.807) is 24.3 Å². The highest BCUT2D eigenvalue weighted by Gasteiger charge is 2.29. The maximum Gasteiger partial charge on any atom is 0.416 e. The molecule has 2 aromatic rings. The minimum Gasteiger partial charge on any atom is -0.378 e. The van der Waals surface area contributed by atoms with Crippen LogP contribution in [0.15, 0.2) is 48.0 Å². The molecule has 0 aliphatic carbocycles. The summed E-state index contributed by atoms with van der Waals surface area (Å²) in [6, 6.07) is 11.0. The SMILES string of the molecule is N#C/C(=C\c1ccc(C(F)(F)F)cc1)C(=O)Nc1cc(Cl)ccc1N1CCOCC1. The number of benzene rings is 2. The van der Waals surface area contributed by atoms with Gasteiger partial charge in [-0.05, 0) is 42.0 Å². The Morgan fingerprint density at radius 1 is 1.17 bits per heavy atom. The molecule has 5 nitrogen and oxygen atoms in total. The molecule has 0 unspecified atom stereocenters. The second-order valence-electron chi connectivity index (χ2n) is 6.50. The number of carbonyl (C=O) groups excluding carboxylic acids is 1. The van der Waals surface area contributed by atoms with Crippen LogP contribution in [0.25, 0.3) is 6.08 Å². The Morgan fingerprint density at radius 2 is 1.83 bits per heavy atom. The lowest BCUT2D eigenvalue weighted by atomic mass is 10.1. The number of alkyl halides is 3. The molecule has 1 saturated heterocycles. The van der Waals surface area contributed by atoms with E-state index in [1.807, 2.05) is 4.90 Å². The summed E-state index contributed by atoms with van der Waals surface area (Å²) < 4.78 is 43.4. The molecule has 1 fully saturated rings. The molecule has 1 heterocycles. The summed E-state index contributed by atoms with van der Waals surface area (Å²) in [5, 5.41) is 12.5. The number of hydrogen-bond acceptors (Lipinski definition) is 4. The Bertz CT molecular complexity index is 992. The van der Waals surface area contributed by atoms with Gasteiger partial charge < -0.3 is 15.0 Å². The van der Waals surface area contributed by atoms with Gasteiger partial charge in [0.2, 0.25) is 0 Å².